The number of hydrogen-bond acceptors (Lipinski definition) is 4. The van der Waals surface area contributed by atoms with Gasteiger partial charge in [-0.3, -0.25) is 14.5 Å². The largest absolute Gasteiger partial charge is 0.416 e. The minimum absolute atomic E-state index is 0.0298. The van der Waals surface area contributed by atoms with Crippen LogP contribution < -0.4 is 10.6 Å². The Balaban J connectivity index is 1.53. The van der Waals surface area contributed by atoms with E-state index in [4.69, 9.17) is 4.74 Å². The molecule has 2 amide bonds. The van der Waals surface area contributed by atoms with E-state index < -0.39 is 23.1 Å². The first-order valence-electron chi connectivity index (χ1n) is 8.88. The van der Waals surface area contributed by atoms with Gasteiger partial charge in [-0.1, -0.05) is 6.07 Å². The van der Waals surface area contributed by atoms with Crippen molar-refractivity contribution in [2.75, 3.05) is 44.7 Å². The Morgan fingerprint density at radius 1 is 1.15 bits per heavy atom. The number of anilines is 1. The van der Waals surface area contributed by atoms with Gasteiger partial charge in [-0.2, -0.15) is 13.2 Å². The van der Waals surface area contributed by atoms with Crippen molar-refractivity contribution in [1.82, 2.24) is 10.2 Å². The Kier molecular flexibility index (Phi) is 5.71. The van der Waals surface area contributed by atoms with Gasteiger partial charge in [-0.05, 0) is 31.0 Å². The highest BCUT2D eigenvalue weighted by molar-refractivity contribution is 6.13. The van der Waals surface area contributed by atoms with Gasteiger partial charge >= 0.3 is 6.18 Å². The summed E-state index contributed by atoms with van der Waals surface area (Å²) in [5.41, 5.74) is -2.00. The van der Waals surface area contributed by atoms with E-state index in [0.29, 0.717) is 39.1 Å². The molecule has 0 radical (unpaired) electrons. The molecule has 1 aromatic rings. The number of nitrogens with one attached hydrogen (secondary N) is 2. The molecular weight excluding hydrogens is 363 g/mol. The Labute approximate surface area is 155 Å². The van der Waals surface area contributed by atoms with Crippen molar-refractivity contribution in [2.45, 2.75) is 19.0 Å². The molecule has 1 aliphatic heterocycles. The summed E-state index contributed by atoms with van der Waals surface area (Å²) in [5, 5.41) is 5.22. The zero-order valence-corrected chi connectivity index (χ0v) is 14.8. The fraction of sp³-hybridized carbons (Fsp3) is 0.556. The zero-order chi connectivity index (χ0) is 19.5. The van der Waals surface area contributed by atoms with Crippen molar-refractivity contribution in [3.05, 3.63) is 29.8 Å². The molecule has 1 heterocycles. The second-order valence-corrected chi connectivity index (χ2v) is 6.82. The summed E-state index contributed by atoms with van der Waals surface area (Å²) in [5.74, 6) is -0.939. The SMILES string of the molecule is O=C(NCCN1CCOCC1)C1(C(=O)Nc2cccc(C(F)(F)F)c2)CC1. The van der Waals surface area contributed by atoms with Crippen molar-refractivity contribution in [3.63, 3.8) is 0 Å². The number of carbonyl (C=O) groups is 2. The second-order valence-electron chi connectivity index (χ2n) is 6.82. The molecule has 0 spiro atoms. The summed E-state index contributed by atoms with van der Waals surface area (Å²) in [6, 6.07) is 4.39. The van der Waals surface area contributed by atoms with Crippen LogP contribution in [-0.2, 0) is 20.5 Å². The number of alkyl halides is 3. The summed E-state index contributed by atoms with van der Waals surface area (Å²) in [7, 11) is 0. The Morgan fingerprint density at radius 3 is 2.48 bits per heavy atom. The lowest BCUT2D eigenvalue weighted by Gasteiger charge is -2.26. The normalized spacial score (nSPS) is 19.4. The number of hydrogen-bond donors (Lipinski definition) is 2. The molecule has 0 bridgehead atoms. The maximum absolute atomic E-state index is 12.8. The average molecular weight is 385 g/mol. The van der Waals surface area contributed by atoms with Crippen LogP contribution >= 0.6 is 0 Å². The number of nitrogens with zero attached hydrogens (tertiary/aromatic N) is 1. The van der Waals surface area contributed by atoms with E-state index in [1.165, 1.54) is 12.1 Å². The quantitative estimate of drug-likeness (QED) is 0.734. The first-order chi connectivity index (χ1) is 12.8. The summed E-state index contributed by atoms with van der Waals surface area (Å²) in [4.78, 5) is 27.1. The molecule has 2 N–H and O–H groups in total. The zero-order valence-electron chi connectivity index (χ0n) is 14.8. The minimum Gasteiger partial charge on any atom is -0.379 e. The van der Waals surface area contributed by atoms with Crippen LogP contribution in [0.25, 0.3) is 0 Å². The molecule has 0 unspecified atom stereocenters. The van der Waals surface area contributed by atoms with Crippen molar-refractivity contribution >= 4 is 17.5 Å². The molecule has 0 atom stereocenters. The molecule has 1 saturated heterocycles. The molecular formula is C18H22F3N3O3. The van der Waals surface area contributed by atoms with E-state index in [2.05, 4.69) is 15.5 Å². The number of benzene rings is 1. The van der Waals surface area contributed by atoms with Gasteiger partial charge in [0.05, 0.1) is 18.8 Å². The lowest BCUT2D eigenvalue weighted by atomic mass is 10.0. The van der Waals surface area contributed by atoms with Gasteiger partial charge in [0, 0.05) is 31.9 Å². The summed E-state index contributed by atoms with van der Waals surface area (Å²) < 4.78 is 43.6. The number of carbonyl (C=O) groups excluding carboxylic acids is 2. The fourth-order valence-electron chi connectivity index (χ4n) is 3.03. The van der Waals surface area contributed by atoms with Gasteiger partial charge in [-0.15, -0.1) is 0 Å². The average Bonchev–Trinajstić information content (AvgIpc) is 3.44. The van der Waals surface area contributed by atoms with Crippen molar-refractivity contribution < 1.29 is 27.5 Å². The van der Waals surface area contributed by atoms with Crippen molar-refractivity contribution in [2.24, 2.45) is 5.41 Å². The van der Waals surface area contributed by atoms with Crippen molar-refractivity contribution in [1.29, 1.82) is 0 Å². The minimum atomic E-state index is -4.49. The van der Waals surface area contributed by atoms with Gasteiger partial charge in [0.25, 0.3) is 0 Å². The first-order valence-corrected chi connectivity index (χ1v) is 8.88. The maximum Gasteiger partial charge on any atom is 0.416 e. The van der Waals surface area contributed by atoms with E-state index in [-0.39, 0.29) is 11.6 Å². The molecule has 6 nitrogen and oxygen atoms in total. The molecule has 2 fully saturated rings. The van der Waals surface area contributed by atoms with Crippen molar-refractivity contribution in [3.8, 4) is 0 Å². The molecule has 0 aromatic heterocycles. The lowest BCUT2D eigenvalue weighted by molar-refractivity contribution is -0.138. The summed E-state index contributed by atoms with van der Waals surface area (Å²) >= 11 is 0. The molecule has 3 rings (SSSR count). The van der Waals surface area contributed by atoms with Crippen LogP contribution in [0, 0.1) is 5.41 Å². The fourth-order valence-corrected chi connectivity index (χ4v) is 3.03. The van der Waals surface area contributed by atoms with Crippen LogP contribution in [-0.4, -0.2) is 56.1 Å². The predicted octanol–water partition coefficient (Wildman–Crippen LogP) is 1.87. The van der Waals surface area contributed by atoms with E-state index in [1.807, 2.05) is 0 Å². The number of morpholine rings is 1. The molecule has 2 aliphatic rings. The van der Waals surface area contributed by atoms with Crippen LogP contribution in [0.5, 0.6) is 0 Å². The number of halogens is 3. The van der Waals surface area contributed by atoms with Crippen LogP contribution in [0.1, 0.15) is 18.4 Å². The number of rotatable bonds is 6. The first kappa shape index (κ1) is 19.6. The highest BCUT2D eigenvalue weighted by atomic mass is 19.4. The smallest absolute Gasteiger partial charge is 0.379 e. The van der Waals surface area contributed by atoms with Crippen LogP contribution in [0.2, 0.25) is 0 Å². The molecule has 1 aliphatic carbocycles. The molecule has 148 valence electrons. The molecule has 27 heavy (non-hydrogen) atoms. The second kappa shape index (κ2) is 7.85. The van der Waals surface area contributed by atoms with Crippen LogP contribution in [0.15, 0.2) is 24.3 Å². The highest BCUT2D eigenvalue weighted by Crippen LogP contribution is 2.47. The standard InChI is InChI=1S/C18H22F3N3O3/c19-18(20,21)13-2-1-3-14(12-13)23-16(26)17(4-5-17)15(25)22-6-7-24-8-10-27-11-9-24/h1-3,12H,4-11H2,(H,22,25)(H,23,26). The van der Waals surface area contributed by atoms with Gasteiger partial charge in [0.1, 0.15) is 5.41 Å². The molecule has 9 heteroatoms. The monoisotopic (exact) mass is 385 g/mol. The molecule has 1 aromatic carbocycles. The summed E-state index contributed by atoms with van der Waals surface area (Å²) in [6.07, 6.45) is -3.71. The third kappa shape index (κ3) is 4.78. The third-order valence-corrected chi connectivity index (χ3v) is 4.88. The van der Waals surface area contributed by atoms with Crippen LogP contribution in [0.4, 0.5) is 18.9 Å². The Bertz CT molecular complexity index is 699. The highest BCUT2D eigenvalue weighted by Gasteiger charge is 2.56. The number of amides is 2. The number of ether oxygens (including phenoxy) is 1. The van der Waals surface area contributed by atoms with E-state index >= 15 is 0 Å². The van der Waals surface area contributed by atoms with E-state index in [9.17, 15) is 22.8 Å². The topological polar surface area (TPSA) is 70.7 Å². The van der Waals surface area contributed by atoms with E-state index in [1.54, 1.807) is 0 Å². The predicted molar refractivity (Wildman–Crippen MR) is 92.0 cm³/mol. The Morgan fingerprint density at radius 2 is 1.85 bits per heavy atom. The third-order valence-electron chi connectivity index (χ3n) is 4.88. The summed E-state index contributed by atoms with van der Waals surface area (Å²) in [6.45, 7) is 4.01. The van der Waals surface area contributed by atoms with Gasteiger partial charge in [0.15, 0.2) is 0 Å². The maximum atomic E-state index is 12.8. The van der Waals surface area contributed by atoms with Gasteiger partial charge in [0.2, 0.25) is 11.8 Å². The lowest BCUT2D eigenvalue weighted by Crippen LogP contribution is -2.45. The molecule has 1 saturated carbocycles. The van der Waals surface area contributed by atoms with Crippen LogP contribution in [0.3, 0.4) is 0 Å². The van der Waals surface area contributed by atoms with Gasteiger partial charge < -0.3 is 15.4 Å². The Hall–Kier alpha value is -2.13. The van der Waals surface area contributed by atoms with E-state index in [0.717, 1.165) is 25.2 Å². The van der Waals surface area contributed by atoms with Gasteiger partial charge in [-0.25, -0.2) is 0 Å².